The first-order valence-electron chi connectivity index (χ1n) is 14.3. The van der Waals surface area contributed by atoms with Gasteiger partial charge in [0.2, 0.25) is 10.0 Å². The molecule has 2 aliphatic rings. The van der Waals surface area contributed by atoms with Crippen LogP contribution in [0.5, 0.6) is 0 Å². The molecule has 3 heterocycles. The van der Waals surface area contributed by atoms with Crippen LogP contribution in [-0.2, 0) is 37.4 Å². The number of nitrogens with zero attached hydrogens (tertiary/aromatic N) is 3. The van der Waals surface area contributed by atoms with Gasteiger partial charge in [-0.05, 0) is 62.7 Å². The highest BCUT2D eigenvalue weighted by atomic mass is 35.5. The molecule has 12 nitrogen and oxygen atoms in total. The van der Waals surface area contributed by atoms with Crippen LogP contribution in [0.4, 0.5) is 13.2 Å². The van der Waals surface area contributed by atoms with Crippen LogP contribution in [0.1, 0.15) is 48.1 Å². The fourth-order valence-corrected chi connectivity index (χ4v) is 7.39. The van der Waals surface area contributed by atoms with Crippen molar-refractivity contribution in [3.05, 3.63) is 57.0 Å². The monoisotopic (exact) mass is 719 g/mol. The second kappa shape index (κ2) is 14.0. The Kier molecular flexibility index (Phi) is 10.9. The van der Waals surface area contributed by atoms with E-state index in [4.69, 9.17) is 26.3 Å². The number of carbonyl (C=O) groups is 3. The largest absolute Gasteiger partial charge is 0.490 e. The van der Waals surface area contributed by atoms with Gasteiger partial charge in [-0.1, -0.05) is 23.7 Å². The lowest BCUT2D eigenvalue weighted by molar-refractivity contribution is -0.192. The number of benzene rings is 2. The predicted molar refractivity (Wildman–Crippen MR) is 167 cm³/mol. The summed E-state index contributed by atoms with van der Waals surface area (Å²) in [5.74, 6) is -3.76. The number of carboxylic acids is 1. The minimum Gasteiger partial charge on any atom is -0.475 e. The van der Waals surface area contributed by atoms with Gasteiger partial charge in [-0.25, -0.2) is 23.7 Å². The average molecular weight is 720 g/mol. The van der Waals surface area contributed by atoms with Gasteiger partial charge < -0.3 is 15.3 Å². The maximum absolute atomic E-state index is 13.7. The van der Waals surface area contributed by atoms with E-state index in [1.807, 2.05) is 0 Å². The molecule has 0 aliphatic carbocycles. The van der Waals surface area contributed by atoms with E-state index in [0.717, 1.165) is 21.3 Å². The number of sulfonamides is 1. The Morgan fingerprint density at radius 2 is 1.74 bits per heavy atom. The molecule has 0 spiro atoms. The number of hydroxylamine groups is 1. The number of nitrogens with one attached hydrogen (secondary N) is 2. The molecule has 3 N–H and O–H groups in total. The molecule has 1 fully saturated rings. The third kappa shape index (κ3) is 8.97. The fraction of sp³-hybridized carbons (Fsp3) is 0.448. The number of carbonyl (C=O) groups excluding carboxylic acids is 2. The van der Waals surface area contributed by atoms with Gasteiger partial charge in [0.25, 0.3) is 11.8 Å². The summed E-state index contributed by atoms with van der Waals surface area (Å²) in [5.41, 5.74) is 2.63. The number of rotatable bonds is 5. The molecule has 0 saturated carbocycles. The zero-order valence-electron chi connectivity index (χ0n) is 25.7. The highest BCUT2D eigenvalue weighted by Crippen LogP contribution is 2.29. The first-order chi connectivity index (χ1) is 21.8. The van der Waals surface area contributed by atoms with E-state index < -0.39 is 45.6 Å². The molecule has 1 aromatic heterocycles. The number of fused-ring (bicyclic) bond motifs is 2. The zero-order valence-corrected chi connectivity index (χ0v) is 28.1. The normalized spacial score (nSPS) is 19.0. The highest BCUT2D eigenvalue weighted by molar-refractivity contribution is 7.89. The molecule has 5 rings (SSSR count). The Balaban J connectivity index is 0.000000644. The quantitative estimate of drug-likeness (QED) is 0.332. The number of aromatic nitrogens is 1. The van der Waals surface area contributed by atoms with Crippen LogP contribution < -0.4 is 10.8 Å². The maximum atomic E-state index is 13.7. The van der Waals surface area contributed by atoms with Gasteiger partial charge in [-0.3, -0.25) is 14.4 Å². The maximum Gasteiger partial charge on any atom is 0.490 e. The summed E-state index contributed by atoms with van der Waals surface area (Å²) < 4.78 is 60.4. The number of hydrogen-bond acceptors (Lipinski definition) is 9. The van der Waals surface area contributed by atoms with Crippen LogP contribution in [0, 0.1) is 0 Å². The lowest BCUT2D eigenvalue weighted by Gasteiger charge is -2.39. The second-order valence-corrected chi connectivity index (χ2v) is 15.3. The molecule has 47 heavy (non-hydrogen) atoms. The van der Waals surface area contributed by atoms with Crippen molar-refractivity contribution in [3.63, 3.8) is 0 Å². The number of aliphatic carboxylic acids is 1. The molecular weight excluding hydrogens is 687 g/mol. The third-order valence-electron chi connectivity index (χ3n) is 7.09. The molecule has 2 amide bonds. The lowest BCUT2D eigenvalue weighted by Crippen LogP contribution is -2.61. The van der Waals surface area contributed by atoms with Gasteiger partial charge in [-0.15, -0.1) is 11.3 Å². The summed E-state index contributed by atoms with van der Waals surface area (Å²) in [6.07, 6.45) is -4.37. The van der Waals surface area contributed by atoms with Gasteiger partial charge in [0, 0.05) is 48.5 Å². The van der Waals surface area contributed by atoms with Crippen LogP contribution in [0.15, 0.2) is 41.3 Å². The molecule has 2 atom stereocenters. The number of amides is 2. The molecule has 0 radical (unpaired) electrons. The van der Waals surface area contributed by atoms with Crippen molar-refractivity contribution in [2.75, 3.05) is 19.6 Å². The third-order valence-corrected chi connectivity index (χ3v) is 10.3. The smallest absolute Gasteiger partial charge is 0.475 e. The molecular formula is C29H33ClF3N5O7S2. The van der Waals surface area contributed by atoms with E-state index in [1.54, 1.807) is 51.1 Å². The van der Waals surface area contributed by atoms with Crippen molar-refractivity contribution < 1.29 is 45.9 Å². The Morgan fingerprint density at radius 1 is 1.11 bits per heavy atom. The summed E-state index contributed by atoms with van der Waals surface area (Å²) in [6.45, 7) is 7.84. The van der Waals surface area contributed by atoms with E-state index in [0.29, 0.717) is 23.0 Å². The van der Waals surface area contributed by atoms with Crippen molar-refractivity contribution in [2.45, 2.75) is 69.4 Å². The van der Waals surface area contributed by atoms with Crippen molar-refractivity contribution in [3.8, 4) is 0 Å². The van der Waals surface area contributed by atoms with Crippen LogP contribution in [0.25, 0.3) is 10.8 Å². The van der Waals surface area contributed by atoms with E-state index in [1.165, 1.54) is 26.6 Å². The minimum atomic E-state index is -5.08. The van der Waals surface area contributed by atoms with Crippen molar-refractivity contribution in [2.24, 2.45) is 0 Å². The molecule has 3 aromatic rings. The highest BCUT2D eigenvalue weighted by Gasteiger charge is 2.42. The number of halogens is 4. The Hall–Kier alpha value is -3.35. The van der Waals surface area contributed by atoms with Crippen LogP contribution in [0.2, 0.25) is 5.02 Å². The second-order valence-electron chi connectivity index (χ2n) is 11.9. The van der Waals surface area contributed by atoms with Crippen LogP contribution >= 0.6 is 22.9 Å². The summed E-state index contributed by atoms with van der Waals surface area (Å²) >= 11 is 7.38. The predicted octanol–water partition coefficient (Wildman–Crippen LogP) is 3.98. The Bertz CT molecular complexity index is 1780. The molecule has 18 heteroatoms. The molecule has 2 aliphatic heterocycles. The topological polar surface area (TPSA) is 158 Å². The van der Waals surface area contributed by atoms with E-state index >= 15 is 0 Å². The van der Waals surface area contributed by atoms with Crippen molar-refractivity contribution in [1.82, 2.24) is 25.0 Å². The number of carboxylic acid groups (broad SMARTS) is 1. The summed E-state index contributed by atoms with van der Waals surface area (Å²) in [7, 11) is -3.98. The van der Waals surface area contributed by atoms with Gasteiger partial charge >= 0.3 is 12.1 Å². The standard InChI is InChI=1S/C27H32ClN5O5S2.C2HF3O2/c1-16-11-21-23(14-29-16)39-25(30-21)26(35)33-10-9-32(15-22(33)24(34)31-38-27(2,3)4)40(36,37)20-8-6-17-12-19(28)7-5-18(17)13-20;3-2(4,5)1(6)7/h5-8,12-13,16,22,29H,9-11,14-15H2,1-4H3,(H,31,34);(H,6,7). The molecule has 0 bridgehead atoms. The van der Waals surface area contributed by atoms with E-state index in [9.17, 15) is 31.2 Å². The van der Waals surface area contributed by atoms with Crippen LogP contribution in [0.3, 0.4) is 0 Å². The fourth-order valence-electron chi connectivity index (χ4n) is 4.74. The number of hydrogen-bond donors (Lipinski definition) is 3. The lowest BCUT2D eigenvalue weighted by atomic mass is 10.1. The number of piperazine rings is 1. The van der Waals surface area contributed by atoms with Crippen LogP contribution in [-0.4, -0.2) is 89.0 Å². The average Bonchev–Trinajstić information content (AvgIpc) is 3.41. The summed E-state index contributed by atoms with van der Waals surface area (Å²) in [5, 5.41) is 12.9. The number of alkyl halides is 3. The molecule has 1 saturated heterocycles. The Labute approximate surface area is 277 Å². The SMILES string of the molecule is CC1Cc2nc(C(=O)N3CCN(S(=O)(=O)c4ccc5cc(Cl)ccc5c4)CC3C(=O)NOC(C)(C)C)sc2CN1.O=C(O)C(F)(F)F. The molecule has 256 valence electrons. The van der Waals surface area contributed by atoms with Gasteiger partial charge in [0.15, 0.2) is 5.01 Å². The van der Waals surface area contributed by atoms with Gasteiger partial charge in [-0.2, -0.15) is 17.5 Å². The van der Waals surface area contributed by atoms with Gasteiger partial charge in [0.05, 0.1) is 16.2 Å². The first-order valence-corrected chi connectivity index (χ1v) is 16.9. The van der Waals surface area contributed by atoms with E-state index in [2.05, 4.69) is 22.7 Å². The summed E-state index contributed by atoms with van der Waals surface area (Å²) in [6, 6.07) is 9.19. The van der Waals surface area contributed by atoms with Crippen molar-refractivity contribution >= 4 is 61.5 Å². The minimum absolute atomic E-state index is 0.0216. The van der Waals surface area contributed by atoms with Gasteiger partial charge in [0.1, 0.15) is 6.04 Å². The zero-order chi connectivity index (χ0) is 34.9. The summed E-state index contributed by atoms with van der Waals surface area (Å²) in [4.78, 5) is 48.5. The van der Waals surface area contributed by atoms with E-state index in [-0.39, 0.29) is 30.6 Å². The first kappa shape index (κ1) is 36.5. The Morgan fingerprint density at radius 3 is 2.38 bits per heavy atom. The number of thiazole rings is 1. The molecule has 2 aromatic carbocycles. The van der Waals surface area contributed by atoms with Crippen molar-refractivity contribution in [1.29, 1.82) is 0 Å². The molecule has 2 unspecified atom stereocenters.